The minimum atomic E-state index is -3.51. The van der Waals surface area contributed by atoms with Crippen LogP contribution in [0.2, 0.25) is 5.02 Å². The van der Waals surface area contributed by atoms with Crippen LogP contribution in [0.15, 0.2) is 83.8 Å². The molecule has 3 aromatic rings. The number of hydrogen-bond acceptors (Lipinski definition) is 4. The number of hydrogen-bond donors (Lipinski definition) is 1. The van der Waals surface area contributed by atoms with Crippen molar-refractivity contribution in [3.05, 3.63) is 95.0 Å². The van der Waals surface area contributed by atoms with Crippen molar-refractivity contribution in [1.29, 1.82) is 0 Å². The van der Waals surface area contributed by atoms with Crippen LogP contribution in [0.4, 0.5) is 5.69 Å². The lowest BCUT2D eigenvalue weighted by molar-refractivity contribution is 0.0956. The zero-order valence-corrected chi connectivity index (χ0v) is 19.4. The van der Waals surface area contributed by atoms with E-state index >= 15 is 0 Å². The fraction of sp³-hybridized carbons (Fsp3) is 0.174. The molecule has 0 aliphatic heterocycles. The molecule has 0 aromatic heterocycles. The second kappa shape index (κ2) is 10.7. The standard InChI is InChI=1S/C23H23ClN2O3S2/c1-31(28,29)26(17-18-7-11-20(24)12-8-18)21-13-9-19(10-14-21)23(27)25-15-16-30-22-5-3-2-4-6-22/h2-14H,15-17H2,1H3,(H,25,27). The van der Waals surface area contributed by atoms with Gasteiger partial charge in [-0.25, -0.2) is 8.42 Å². The molecule has 8 heteroatoms. The molecule has 0 unspecified atom stereocenters. The van der Waals surface area contributed by atoms with E-state index < -0.39 is 10.0 Å². The van der Waals surface area contributed by atoms with Crippen LogP contribution in [0.1, 0.15) is 15.9 Å². The van der Waals surface area contributed by atoms with E-state index in [-0.39, 0.29) is 12.5 Å². The molecule has 0 bridgehead atoms. The number of carbonyl (C=O) groups excluding carboxylic acids is 1. The highest BCUT2D eigenvalue weighted by Gasteiger charge is 2.18. The fourth-order valence-corrected chi connectivity index (χ4v) is 4.69. The van der Waals surface area contributed by atoms with Gasteiger partial charge in [-0.1, -0.05) is 41.9 Å². The highest BCUT2D eigenvalue weighted by molar-refractivity contribution is 7.99. The Bertz CT molecular complexity index is 1100. The summed E-state index contributed by atoms with van der Waals surface area (Å²) in [4.78, 5) is 13.5. The Morgan fingerprint density at radius 3 is 2.23 bits per heavy atom. The van der Waals surface area contributed by atoms with Crippen molar-refractivity contribution in [2.75, 3.05) is 22.9 Å². The van der Waals surface area contributed by atoms with Crippen molar-refractivity contribution in [3.63, 3.8) is 0 Å². The lowest BCUT2D eigenvalue weighted by Gasteiger charge is -2.22. The number of nitrogens with zero attached hydrogens (tertiary/aromatic N) is 1. The zero-order valence-electron chi connectivity index (χ0n) is 17.0. The molecule has 0 spiro atoms. The molecule has 0 saturated carbocycles. The molecule has 162 valence electrons. The first-order chi connectivity index (χ1) is 14.8. The van der Waals surface area contributed by atoms with Gasteiger partial charge in [0, 0.05) is 27.8 Å². The van der Waals surface area contributed by atoms with Crippen LogP contribution in [0.3, 0.4) is 0 Å². The average Bonchev–Trinajstić information content (AvgIpc) is 2.76. The molecular formula is C23H23ClN2O3S2. The van der Waals surface area contributed by atoms with Gasteiger partial charge in [0.15, 0.2) is 0 Å². The fourth-order valence-electron chi connectivity index (χ4n) is 2.89. The molecule has 1 amide bonds. The zero-order chi connectivity index (χ0) is 22.3. The smallest absolute Gasteiger partial charge is 0.251 e. The van der Waals surface area contributed by atoms with Crippen molar-refractivity contribution in [2.24, 2.45) is 0 Å². The van der Waals surface area contributed by atoms with Gasteiger partial charge in [0.25, 0.3) is 5.91 Å². The van der Waals surface area contributed by atoms with Gasteiger partial charge in [-0.05, 0) is 54.1 Å². The highest BCUT2D eigenvalue weighted by atomic mass is 35.5. The third-order valence-electron chi connectivity index (χ3n) is 4.46. The Hall–Kier alpha value is -2.48. The summed E-state index contributed by atoms with van der Waals surface area (Å²) >= 11 is 7.58. The summed E-state index contributed by atoms with van der Waals surface area (Å²) in [6.07, 6.45) is 1.16. The maximum Gasteiger partial charge on any atom is 0.251 e. The number of nitrogens with one attached hydrogen (secondary N) is 1. The van der Waals surface area contributed by atoms with E-state index in [0.29, 0.717) is 22.8 Å². The van der Waals surface area contributed by atoms with Gasteiger partial charge in [-0.3, -0.25) is 9.10 Å². The third kappa shape index (κ3) is 7.02. The van der Waals surface area contributed by atoms with Crippen LogP contribution in [0.5, 0.6) is 0 Å². The Morgan fingerprint density at radius 2 is 1.61 bits per heavy atom. The summed E-state index contributed by atoms with van der Waals surface area (Å²) in [5, 5.41) is 3.48. The third-order valence-corrected chi connectivity index (χ3v) is 6.86. The van der Waals surface area contributed by atoms with Crippen LogP contribution in [0, 0.1) is 0 Å². The molecule has 0 saturated heterocycles. The Labute approximate surface area is 192 Å². The van der Waals surface area contributed by atoms with E-state index in [0.717, 1.165) is 22.5 Å². The van der Waals surface area contributed by atoms with Gasteiger partial charge in [0.2, 0.25) is 10.0 Å². The van der Waals surface area contributed by atoms with E-state index in [4.69, 9.17) is 11.6 Å². The lowest BCUT2D eigenvalue weighted by Crippen LogP contribution is -2.29. The summed E-state index contributed by atoms with van der Waals surface area (Å²) in [5.74, 6) is 0.570. The van der Waals surface area contributed by atoms with Crippen molar-refractivity contribution in [1.82, 2.24) is 5.32 Å². The number of thioether (sulfide) groups is 1. The number of amides is 1. The first-order valence-corrected chi connectivity index (χ1v) is 12.8. The second-order valence-electron chi connectivity index (χ2n) is 6.86. The lowest BCUT2D eigenvalue weighted by atomic mass is 10.2. The molecule has 31 heavy (non-hydrogen) atoms. The van der Waals surface area contributed by atoms with Gasteiger partial charge < -0.3 is 5.32 Å². The summed E-state index contributed by atoms with van der Waals surface area (Å²) < 4.78 is 26.0. The Kier molecular flexibility index (Phi) is 8.01. The van der Waals surface area contributed by atoms with Gasteiger partial charge in [-0.2, -0.15) is 0 Å². The Balaban J connectivity index is 1.61. The van der Waals surface area contributed by atoms with Gasteiger partial charge >= 0.3 is 0 Å². The van der Waals surface area contributed by atoms with Crippen molar-refractivity contribution >= 4 is 45.0 Å². The first-order valence-electron chi connectivity index (χ1n) is 9.61. The van der Waals surface area contributed by atoms with Gasteiger partial charge in [0.05, 0.1) is 18.5 Å². The van der Waals surface area contributed by atoms with Crippen LogP contribution in [-0.2, 0) is 16.6 Å². The minimum Gasteiger partial charge on any atom is -0.351 e. The number of halogens is 1. The molecule has 0 aliphatic rings. The highest BCUT2D eigenvalue weighted by Crippen LogP contribution is 2.22. The van der Waals surface area contributed by atoms with E-state index in [1.165, 1.54) is 4.31 Å². The summed E-state index contributed by atoms with van der Waals surface area (Å²) in [5.41, 5.74) is 1.79. The predicted octanol–water partition coefficient (Wildman–Crippen LogP) is 4.83. The maximum absolute atomic E-state index is 12.4. The molecule has 0 fully saturated rings. The van der Waals surface area contributed by atoms with E-state index in [1.54, 1.807) is 60.3 Å². The van der Waals surface area contributed by atoms with Crippen LogP contribution >= 0.6 is 23.4 Å². The van der Waals surface area contributed by atoms with Crippen LogP contribution in [0.25, 0.3) is 0 Å². The normalized spacial score (nSPS) is 11.2. The van der Waals surface area contributed by atoms with Crippen molar-refractivity contribution in [2.45, 2.75) is 11.4 Å². The molecule has 0 radical (unpaired) electrons. The van der Waals surface area contributed by atoms with Crippen molar-refractivity contribution in [3.8, 4) is 0 Å². The number of anilines is 1. The summed E-state index contributed by atoms with van der Waals surface area (Å²) in [6, 6.07) is 23.6. The Morgan fingerprint density at radius 1 is 0.968 bits per heavy atom. The van der Waals surface area contributed by atoms with Crippen LogP contribution < -0.4 is 9.62 Å². The van der Waals surface area contributed by atoms with E-state index in [9.17, 15) is 13.2 Å². The average molecular weight is 475 g/mol. The number of carbonyl (C=O) groups is 1. The molecule has 1 N–H and O–H groups in total. The number of rotatable bonds is 9. The SMILES string of the molecule is CS(=O)(=O)N(Cc1ccc(Cl)cc1)c1ccc(C(=O)NCCSc2ccccc2)cc1. The number of benzene rings is 3. The molecule has 0 heterocycles. The quantitative estimate of drug-likeness (QED) is 0.356. The molecule has 5 nitrogen and oxygen atoms in total. The molecular weight excluding hydrogens is 452 g/mol. The topological polar surface area (TPSA) is 66.5 Å². The van der Waals surface area contributed by atoms with Gasteiger partial charge in [-0.15, -0.1) is 11.8 Å². The molecule has 0 aliphatic carbocycles. The van der Waals surface area contributed by atoms with E-state index in [2.05, 4.69) is 5.32 Å². The second-order valence-corrected chi connectivity index (χ2v) is 10.4. The summed E-state index contributed by atoms with van der Waals surface area (Å²) in [7, 11) is -3.51. The molecule has 3 rings (SSSR count). The summed E-state index contributed by atoms with van der Waals surface area (Å²) in [6.45, 7) is 0.713. The van der Waals surface area contributed by atoms with Gasteiger partial charge in [0.1, 0.15) is 0 Å². The largest absolute Gasteiger partial charge is 0.351 e. The molecule has 0 atom stereocenters. The minimum absolute atomic E-state index is 0.179. The number of sulfonamides is 1. The van der Waals surface area contributed by atoms with Crippen molar-refractivity contribution < 1.29 is 13.2 Å². The van der Waals surface area contributed by atoms with E-state index in [1.807, 2.05) is 30.3 Å². The molecule has 3 aromatic carbocycles. The van der Waals surface area contributed by atoms with Crippen LogP contribution in [-0.4, -0.2) is 32.9 Å². The first kappa shape index (κ1) is 23.2. The monoisotopic (exact) mass is 474 g/mol. The maximum atomic E-state index is 12.4. The predicted molar refractivity (Wildman–Crippen MR) is 128 cm³/mol.